The Morgan fingerprint density at radius 3 is 2.75 bits per heavy atom. The minimum absolute atomic E-state index is 0.313. The largest absolute Gasteiger partial charge is 0.123 e. The molecule has 1 aliphatic rings. The normalized spacial score (nSPS) is 18.2. The summed E-state index contributed by atoms with van der Waals surface area (Å²) in [4.78, 5) is 0. The van der Waals surface area contributed by atoms with Crippen molar-refractivity contribution < 1.29 is 0 Å². The van der Waals surface area contributed by atoms with E-state index in [0.29, 0.717) is 11.3 Å². The van der Waals surface area contributed by atoms with E-state index < -0.39 is 0 Å². The van der Waals surface area contributed by atoms with Gasteiger partial charge in [0.1, 0.15) is 0 Å². The Morgan fingerprint density at radius 2 is 2.00 bits per heavy atom. The highest BCUT2D eigenvalue weighted by Crippen LogP contribution is 2.25. The van der Waals surface area contributed by atoms with Crippen molar-refractivity contribution in [2.45, 2.75) is 51.3 Å². The van der Waals surface area contributed by atoms with Gasteiger partial charge in [-0.3, -0.25) is 0 Å². The van der Waals surface area contributed by atoms with Crippen LogP contribution in [0.4, 0.5) is 0 Å². The van der Waals surface area contributed by atoms with Crippen LogP contribution in [0, 0.1) is 5.92 Å². The summed E-state index contributed by atoms with van der Waals surface area (Å²) in [6.07, 6.45) is 6.07. The van der Waals surface area contributed by atoms with E-state index in [1.165, 1.54) is 24.8 Å². The summed E-state index contributed by atoms with van der Waals surface area (Å²) in [6.45, 7) is 4.42. The maximum Gasteiger partial charge on any atom is 0.0362 e. The topological polar surface area (TPSA) is 0 Å². The third-order valence-electron chi connectivity index (χ3n) is 3.73. The molecule has 2 atom stereocenters. The SMILES string of the molecule is CCC(Cl)C(C)Cc1ccc2c(c1)CCC2. The standard InChI is InChI=1S/C15H21Cl/c1-3-15(16)11(2)9-12-7-8-13-5-4-6-14(13)10-12/h7-8,10-11,15H,3-6,9H2,1-2H3. The third-order valence-corrected chi connectivity index (χ3v) is 4.47. The number of alkyl halides is 1. The lowest BCUT2D eigenvalue weighted by atomic mass is 9.94. The molecular formula is C15H21Cl. The first-order chi connectivity index (χ1) is 7.70. The molecule has 0 saturated carbocycles. The smallest absolute Gasteiger partial charge is 0.0362 e. The maximum atomic E-state index is 6.28. The summed E-state index contributed by atoms with van der Waals surface area (Å²) in [7, 11) is 0. The second kappa shape index (κ2) is 5.23. The molecule has 1 aliphatic carbocycles. The van der Waals surface area contributed by atoms with E-state index in [9.17, 15) is 0 Å². The van der Waals surface area contributed by atoms with E-state index in [1.54, 1.807) is 11.1 Å². The van der Waals surface area contributed by atoms with Crippen LogP contribution < -0.4 is 0 Å². The predicted molar refractivity (Wildman–Crippen MR) is 71.3 cm³/mol. The van der Waals surface area contributed by atoms with Gasteiger partial charge < -0.3 is 0 Å². The van der Waals surface area contributed by atoms with E-state index >= 15 is 0 Å². The zero-order chi connectivity index (χ0) is 11.5. The van der Waals surface area contributed by atoms with Crippen molar-refractivity contribution in [1.29, 1.82) is 0 Å². The van der Waals surface area contributed by atoms with Gasteiger partial charge in [-0.2, -0.15) is 0 Å². The summed E-state index contributed by atoms with van der Waals surface area (Å²) in [5.41, 5.74) is 4.61. The minimum atomic E-state index is 0.313. The number of rotatable bonds is 4. The van der Waals surface area contributed by atoms with Crippen LogP contribution in [0.2, 0.25) is 0 Å². The Hall–Kier alpha value is -0.490. The summed E-state index contributed by atoms with van der Waals surface area (Å²) >= 11 is 6.28. The highest BCUT2D eigenvalue weighted by atomic mass is 35.5. The summed E-state index contributed by atoms with van der Waals surface area (Å²) in [5.74, 6) is 0.575. The molecule has 1 heteroatoms. The second-order valence-electron chi connectivity index (χ2n) is 5.06. The molecule has 0 fully saturated rings. The second-order valence-corrected chi connectivity index (χ2v) is 5.62. The monoisotopic (exact) mass is 236 g/mol. The molecule has 0 aromatic heterocycles. The van der Waals surface area contributed by atoms with Gasteiger partial charge in [0.2, 0.25) is 0 Å². The fraction of sp³-hybridized carbons (Fsp3) is 0.600. The lowest BCUT2D eigenvalue weighted by Gasteiger charge is -2.16. The van der Waals surface area contributed by atoms with Crippen molar-refractivity contribution in [2.24, 2.45) is 5.92 Å². The number of fused-ring (bicyclic) bond motifs is 1. The van der Waals surface area contributed by atoms with Gasteiger partial charge in [-0.25, -0.2) is 0 Å². The number of aryl methyl sites for hydroxylation is 2. The molecule has 16 heavy (non-hydrogen) atoms. The molecule has 0 radical (unpaired) electrons. The molecule has 0 amide bonds. The van der Waals surface area contributed by atoms with Crippen LogP contribution in [0.15, 0.2) is 18.2 Å². The Balaban J connectivity index is 2.05. The molecular weight excluding hydrogens is 216 g/mol. The molecule has 0 heterocycles. The molecule has 1 aromatic rings. The summed E-state index contributed by atoms with van der Waals surface area (Å²) < 4.78 is 0. The predicted octanol–water partition coefficient (Wildman–Crippen LogP) is 4.37. The maximum absolute atomic E-state index is 6.28. The number of hydrogen-bond donors (Lipinski definition) is 0. The fourth-order valence-electron chi connectivity index (χ4n) is 2.65. The van der Waals surface area contributed by atoms with Crippen LogP contribution in [-0.4, -0.2) is 5.38 Å². The molecule has 0 nitrogen and oxygen atoms in total. The molecule has 0 aliphatic heterocycles. The average Bonchev–Trinajstić information content (AvgIpc) is 2.75. The van der Waals surface area contributed by atoms with E-state index in [-0.39, 0.29) is 0 Å². The van der Waals surface area contributed by atoms with E-state index in [0.717, 1.165) is 12.8 Å². The van der Waals surface area contributed by atoms with Crippen molar-refractivity contribution in [1.82, 2.24) is 0 Å². The first-order valence-corrected chi connectivity index (χ1v) is 6.89. The fourth-order valence-corrected chi connectivity index (χ4v) is 2.74. The Morgan fingerprint density at radius 1 is 1.25 bits per heavy atom. The van der Waals surface area contributed by atoms with Gasteiger partial charge >= 0.3 is 0 Å². The molecule has 0 N–H and O–H groups in total. The van der Waals surface area contributed by atoms with Gasteiger partial charge in [-0.05, 0) is 54.7 Å². The Kier molecular flexibility index (Phi) is 3.91. The highest BCUT2D eigenvalue weighted by molar-refractivity contribution is 6.20. The van der Waals surface area contributed by atoms with Crippen LogP contribution in [-0.2, 0) is 19.3 Å². The summed E-state index contributed by atoms with van der Waals surface area (Å²) in [6, 6.07) is 7.01. The zero-order valence-corrected chi connectivity index (χ0v) is 11.1. The lowest BCUT2D eigenvalue weighted by molar-refractivity contribution is 0.531. The first kappa shape index (κ1) is 12.0. The molecule has 0 spiro atoms. The first-order valence-electron chi connectivity index (χ1n) is 6.45. The van der Waals surface area contributed by atoms with Gasteiger partial charge in [0.05, 0.1) is 0 Å². The molecule has 0 saturated heterocycles. The lowest BCUT2D eigenvalue weighted by Crippen LogP contribution is -2.13. The van der Waals surface area contributed by atoms with Gasteiger partial charge in [0.25, 0.3) is 0 Å². The van der Waals surface area contributed by atoms with Crippen LogP contribution in [0.1, 0.15) is 43.4 Å². The van der Waals surface area contributed by atoms with Gasteiger partial charge in [-0.1, -0.05) is 32.0 Å². The van der Waals surface area contributed by atoms with Gasteiger partial charge in [0, 0.05) is 5.38 Å². The van der Waals surface area contributed by atoms with E-state index in [4.69, 9.17) is 11.6 Å². The van der Waals surface area contributed by atoms with Crippen molar-refractivity contribution in [3.05, 3.63) is 34.9 Å². The molecule has 1 aromatic carbocycles. The Bertz CT molecular complexity index is 356. The third kappa shape index (κ3) is 2.60. The van der Waals surface area contributed by atoms with Crippen molar-refractivity contribution >= 4 is 11.6 Å². The van der Waals surface area contributed by atoms with Crippen LogP contribution in [0.25, 0.3) is 0 Å². The van der Waals surface area contributed by atoms with Crippen LogP contribution in [0.5, 0.6) is 0 Å². The summed E-state index contributed by atoms with van der Waals surface area (Å²) in [5, 5.41) is 0.313. The minimum Gasteiger partial charge on any atom is -0.123 e. The zero-order valence-electron chi connectivity index (χ0n) is 10.3. The average molecular weight is 237 g/mol. The van der Waals surface area contributed by atoms with Crippen molar-refractivity contribution in [2.75, 3.05) is 0 Å². The highest BCUT2D eigenvalue weighted by Gasteiger charge is 2.15. The molecule has 0 bridgehead atoms. The number of hydrogen-bond acceptors (Lipinski definition) is 0. The molecule has 88 valence electrons. The van der Waals surface area contributed by atoms with E-state index in [1.807, 2.05) is 0 Å². The van der Waals surface area contributed by atoms with Crippen LogP contribution in [0.3, 0.4) is 0 Å². The molecule has 2 rings (SSSR count). The van der Waals surface area contributed by atoms with Gasteiger partial charge in [-0.15, -0.1) is 11.6 Å². The van der Waals surface area contributed by atoms with E-state index in [2.05, 4.69) is 32.0 Å². The van der Waals surface area contributed by atoms with Gasteiger partial charge in [0.15, 0.2) is 0 Å². The number of benzene rings is 1. The quantitative estimate of drug-likeness (QED) is 0.681. The molecule has 2 unspecified atom stereocenters. The Labute approximate surface area is 104 Å². The van der Waals surface area contributed by atoms with Crippen molar-refractivity contribution in [3.63, 3.8) is 0 Å². The van der Waals surface area contributed by atoms with Crippen LogP contribution >= 0.6 is 11.6 Å². The van der Waals surface area contributed by atoms with Crippen molar-refractivity contribution in [3.8, 4) is 0 Å². The number of halogens is 1.